The molecule has 7 heteroatoms. The predicted octanol–water partition coefficient (Wildman–Crippen LogP) is 4.29. The van der Waals surface area contributed by atoms with E-state index in [1.807, 2.05) is 18.2 Å². The van der Waals surface area contributed by atoms with Crippen molar-refractivity contribution in [1.29, 1.82) is 0 Å². The van der Waals surface area contributed by atoms with Crippen LogP contribution in [0.1, 0.15) is 45.5 Å². The molecule has 0 spiro atoms. The van der Waals surface area contributed by atoms with Gasteiger partial charge in [0.25, 0.3) is 11.8 Å². The molecule has 1 unspecified atom stereocenters. The maximum atomic E-state index is 14.2. The summed E-state index contributed by atoms with van der Waals surface area (Å²) in [7, 11) is 1.70. The number of amides is 2. The van der Waals surface area contributed by atoms with Gasteiger partial charge in [0, 0.05) is 24.5 Å². The molecule has 1 saturated carbocycles. The Hall–Kier alpha value is -3.48. The van der Waals surface area contributed by atoms with E-state index in [0.717, 1.165) is 24.6 Å². The summed E-state index contributed by atoms with van der Waals surface area (Å²) < 4.78 is 19.2. The van der Waals surface area contributed by atoms with Gasteiger partial charge in [0.2, 0.25) is 0 Å². The zero-order valence-corrected chi connectivity index (χ0v) is 15.8. The number of nitrogens with zero attached hydrogens (tertiary/aromatic N) is 2. The standard InChI is InChI=1S/C22H20FN3O3/c1-26(20(14-7-8-14)18-5-2-3-9-24-18)22(28)15-11-16(23)13-17(12-15)25-21(27)19-6-4-10-29-19/h2-6,9-14,20H,7-8H2,1H3,(H,25,27). The van der Waals surface area contributed by atoms with Gasteiger partial charge in [-0.3, -0.25) is 14.6 Å². The van der Waals surface area contributed by atoms with Crippen LogP contribution in [0.4, 0.5) is 10.1 Å². The van der Waals surface area contributed by atoms with Gasteiger partial charge in [-0.05, 0) is 61.2 Å². The number of carbonyl (C=O) groups excluding carboxylic acids is 2. The molecule has 2 heterocycles. The highest BCUT2D eigenvalue weighted by Gasteiger charge is 2.38. The van der Waals surface area contributed by atoms with Crippen LogP contribution in [0.3, 0.4) is 0 Å². The average Bonchev–Trinajstić information content (AvgIpc) is 3.38. The van der Waals surface area contributed by atoms with Crippen molar-refractivity contribution in [2.24, 2.45) is 5.92 Å². The van der Waals surface area contributed by atoms with Crippen LogP contribution in [0.2, 0.25) is 0 Å². The molecule has 3 aromatic rings. The zero-order valence-electron chi connectivity index (χ0n) is 15.8. The second-order valence-corrected chi connectivity index (χ2v) is 7.11. The number of carbonyl (C=O) groups is 2. The van der Waals surface area contributed by atoms with Crippen molar-refractivity contribution in [2.75, 3.05) is 12.4 Å². The molecule has 1 N–H and O–H groups in total. The second kappa shape index (κ2) is 7.87. The summed E-state index contributed by atoms with van der Waals surface area (Å²) in [6.45, 7) is 0. The number of benzene rings is 1. The highest BCUT2D eigenvalue weighted by atomic mass is 19.1. The van der Waals surface area contributed by atoms with Crippen LogP contribution in [0, 0.1) is 11.7 Å². The van der Waals surface area contributed by atoms with Gasteiger partial charge in [0.15, 0.2) is 5.76 Å². The van der Waals surface area contributed by atoms with E-state index in [0.29, 0.717) is 5.92 Å². The van der Waals surface area contributed by atoms with E-state index in [2.05, 4.69) is 10.3 Å². The number of furan rings is 1. The monoisotopic (exact) mass is 393 g/mol. The lowest BCUT2D eigenvalue weighted by atomic mass is 10.0. The van der Waals surface area contributed by atoms with E-state index < -0.39 is 11.7 Å². The molecule has 0 saturated heterocycles. The molecule has 148 valence electrons. The molecule has 2 amide bonds. The molecule has 1 aliphatic rings. The van der Waals surface area contributed by atoms with Crippen LogP contribution in [0.15, 0.2) is 65.4 Å². The molecular formula is C22H20FN3O3. The molecule has 0 bridgehead atoms. The Bertz CT molecular complexity index is 1020. The first-order chi connectivity index (χ1) is 14.0. The van der Waals surface area contributed by atoms with Crippen molar-refractivity contribution in [3.63, 3.8) is 0 Å². The minimum absolute atomic E-state index is 0.100. The summed E-state index contributed by atoms with van der Waals surface area (Å²) in [6, 6.07) is 12.3. The number of halogens is 1. The molecule has 1 fully saturated rings. The highest BCUT2D eigenvalue weighted by Crippen LogP contribution is 2.43. The van der Waals surface area contributed by atoms with Crippen molar-refractivity contribution in [3.05, 3.63) is 83.8 Å². The summed E-state index contributed by atoms with van der Waals surface area (Å²) in [5.74, 6) is -1.02. The van der Waals surface area contributed by atoms with Crippen LogP contribution in [0.5, 0.6) is 0 Å². The van der Waals surface area contributed by atoms with Crippen LogP contribution < -0.4 is 5.32 Å². The minimum atomic E-state index is -0.611. The van der Waals surface area contributed by atoms with Gasteiger partial charge in [0.05, 0.1) is 18.0 Å². The number of anilines is 1. The number of pyridine rings is 1. The number of hydrogen-bond donors (Lipinski definition) is 1. The first-order valence-electron chi connectivity index (χ1n) is 9.36. The molecule has 1 aliphatic carbocycles. The van der Waals surface area contributed by atoms with Crippen molar-refractivity contribution in [2.45, 2.75) is 18.9 Å². The first-order valence-corrected chi connectivity index (χ1v) is 9.36. The fraction of sp³-hybridized carbons (Fsp3) is 0.227. The molecule has 6 nitrogen and oxygen atoms in total. The molecule has 4 rings (SSSR count). The average molecular weight is 393 g/mol. The lowest BCUT2D eigenvalue weighted by Crippen LogP contribution is -2.33. The van der Waals surface area contributed by atoms with Gasteiger partial charge < -0.3 is 14.6 Å². The lowest BCUT2D eigenvalue weighted by molar-refractivity contribution is 0.0706. The molecule has 2 aromatic heterocycles. The third kappa shape index (κ3) is 4.18. The molecule has 0 radical (unpaired) electrons. The minimum Gasteiger partial charge on any atom is -0.459 e. The van der Waals surface area contributed by atoms with E-state index in [1.54, 1.807) is 24.2 Å². The third-order valence-electron chi connectivity index (χ3n) is 4.94. The van der Waals surface area contributed by atoms with Crippen molar-refractivity contribution < 1.29 is 18.4 Å². The van der Waals surface area contributed by atoms with Gasteiger partial charge in [-0.15, -0.1) is 0 Å². The zero-order chi connectivity index (χ0) is 20.4. The Morgan fingerprint density at radius 3 is 2.69 bits per heavy atom. The van der Waals surface area contributed by atoms with Gasteiger partial charge >= 0.3 is 0 Å². The molecule has 1 aromatic carbocycles. The Morgan fingerprint density at radius 1 is 1.21 bits per heavy atom. The lowest BCUT2D eigenvalue weighted by Gasteiger charge is -2.28. The van der Waals surface area contributed by atoms with Crippen molar-refractivity contribution in [3.8, 4) is 0 Å². The molecule has 29 heavy (non-hydrogen) atoms. The van der Waals surface area contributed by atoms with Crippen LogP contribution in [-0.2, 0) is 0 Å². The van der Waals surface area contributed by atoms with Gasteiger partial charge in [-0.25, -0.2) is 4.39 Å². The maximum Gasteiger partial charge on any atom is 0.291 e. The second-order valence-electron chi connectivity index (χ2n) is 7.11. The van der Waals surface area contributed by atoms with Crippen LogP contribution in [0.25, 0.3) is 0 Å². The van der Waals surface area contributed by atoms with Gasteiger partial charge in [0.1, 0.15) is 5.82 Å². The summed E-state index contributed by atoms with van der Waals surface area (Å²) in [6.07, 6.45) is 5.12. The number of hydrogen-bond acceptors (Lipinski definition) is 4. The third-order valence-corrected chi connectivity index (χ3v) is 4.94. The maximum absolute atomic E-state index is 14.2. The Labute approximate surface area is 167 Å². The van der Waals surface area contributed by atoms with E-state index in [1.165, 1.54) is 24.5 Å². The van der Waals surface area contributed by atoms with Crippen molar-refractivity contribution >= 4 is 17.5 Å². The van der Waals surface area contributed by atoms with E-state index >= 15 is 0 Å². The normalized spacial score (nSPS) is 14.3. The molecule has 1 atom stereocenters. The number of aromatic nitrogens is 1. The van der Waals surface area contributed by atoms with Gasteiger partial charge in [-0.2, -0.15) is 0 Å². The topological polar surface area (TPSA) is 75.4 Å². The van der Waals surface area contributed by atoms with Crippen LogP contribution >= 0.6 is 0 Å². The molecular weight excluding hydrogens is 373 g/mol. The predicted molar refractivity (Wildman–Crippen MR) is 105 cm³/mol. The quantitative estimate of drug-likeness (QED) is 0.678. The summed E-state index contributed by atoms with van der Waals surface area (Å²) in [5.41, 5.74) is 1.15. The highest BCUT2D eigenvalue weighted by molar-refractivity contribution is 6.03. The summed E-state index contributed by atoms with van der Waals surface area (Å²) >= 11 is 0. The molecule has 0 aliphatic heterocycles. The smallest absolute Gasteiger partial charge is 0.291 e. The first kappa shape index (κ1) is 18.9. The van der Waals surface area contributed by atoms with E-state index in [9.17, 15) is 14.0 Å². The largest absolute Gasteiger partial charge is 0.459 e. The van der Waals surface area contributed by atoms with E-state index in [4.69, 9.17) is 4.42 Å². The fourth-order valence-electron chi connectivity index (χ4n) is 3.43. The van der Waals surface area contributed by atoms with Crippen LogP contribution in [-0.4, -0.2) is 28.7 Å². The summed E-state index contributed by atoms with van der Waals surface area (Å²) in [4.78, 5) is 31.3. The summed E-state index contributed by atoms with van der Waals surface area (Å²) in [5, 5.41) is 2.56. The Morgan fingerprint density at radius 2 is 2.03 bits per heavy atom. The van der Waals surface area contributed by atoms with E-state index in [-0.39, 0.29) is 29.0 Å². The number of nitrogens with one attached hydrogen (secondary N) is 1. The Kier molecular flexibility index (Phi) is 5.12. The Balaban J connectivity index is 1.57. The van der Waals surface area contributed by atoms with Gasteiger partial charge in [-0.1, -0.05) is 6.07 Å². The fourth-order valence-corrected chi connectivity index (χ4v) is 3.43. The number of rotatable bonds is 6. The van der Waals surface area contributed by atoms with Crippen molar-refractivity contribution in [1.82, 2.24) is 9.88 Å². The SMILES string of the molecule is CN(C(=O)c1cc(F)cc(NC(=O)c2ccco2)c1)C(c1ccccn1)C1CC1.